The van der Waals surface area contributed by atoms with Gasteiger partial charge in [0.25, 0.3) is 0 Å². The number of carbonyl (C=O) groups is 1. The van der Waals surface area contributed by atoms with Crippen molar-refractivity contribution in [1.29, 1.82) is 0 Å². The van der Waals surface area contributed by atoms with Crippen molar-refractivity contribution in [1.82, 2.24) is 0 Å². The fourth-order valence-electron chi connectivity index (χ4n) is 1.44. The first-order chi connectivity index (χ1) is 7.16. The lowest BCUT2D eigenvalue weighted by Crippen LogP contribution is -2.16. The van der Waals surface area contributed by atoms with Gasteiger partial charge in [0.1, 0.15) is 13.2 Å². The number of amides is 1. The van der Waals surface area contributed by atoms with Crippen molar-refractivity contribution < 1.29 is 19.4 Å². The van der Waals surface area contributed by atoms with Gasteiger partial charge in [-0.25, -0.2) is 4.79 Å². The van der Waals surface area contributed by atoms with Gasteiger partial charge in [0.15, 0.2) is 11.5 Å². The third kappa shape index (κ3) is 1.96. The molecular formula is C10H11NO4. The molecule has 1 aromatic rings. The van der Waals surface area contributed by atoms with E-state index in [9.17, 15) is 4.79 Å². The van der Waals surface area contributed by atoms with Gasteiger partial charge in [0.2, 0.25) is 0 Å². The van der Waals surface area contributed by atoms with Crippen molar-refractivity contribution in [2.75, 3.05) is 18.5 Å². The Bertz CT molecular complexity index is 403. The molecular weight excluding hydrogens is 198 g/mol. The van der Waals surface area contributed by atoms with E-state index in [-0.39, 0.29) is 0 Å². The summed E-state index contributed by atoms with van der Waals surface area (Å²) in [6, 6.07) is 3.40. The number of carboxylic acid groups (broad SMARTS) is 1. The van der Waals surface area contributed by atoms with E-state index >= 15 is 0 Å². The minimum atomic E-state index is -1.09. The van der Waals surface area contributed by atoms with Crippen molar-refractivity contribution in [2.24, 2.45) is 0 Å². The lowest BCUT2D eigenvalue weighted by Gasteiger charge is -2.20. The van der Waals surface area contributed by atoms with Gasteiger partial charge in [-0.2, -0.15) is 0 Å². The van der Waals surface area contributed by atoms with Crippen molar-refractivity contribution in [3.05, 3.63) is 17.7 Å². The van der Waals surface area contributed by atoms with Crippen LogP contribution >= 0.6 is 0 Å². The van der Waals surface area contributed by atoms with Crippen molar-refractivity contribution >= 4 is 11.8 Å². The normalized spacial score (nSPS) is 13.4. The molecule has 2 N–H and O–H groups in total. The molecule has 2 rings (SSSR count). The number of ether oxygens (including phenoxy) is 2. The number of benzene rings is 1. The van der Waals surface area contributed by atoms with Crippen LogP contribution in [0.4, 0.5) is 10.5 Å². The topological polar surface area (TPSA) is 67.8 Å². The standard InChI is InChI=1S/C10H11NO4/c1-6-4-8-9(15-3-2-14-8)5-7(6)11-10(12)13/h4-5,11H,2-3H2,1H3,(H,12,13). The molecule has 1 amide bonds. The third-order valence-electron chi connectivity index (χ3n) is 2.13. The van der Waals surface area contributed by atoms with Gasteiger partial charge in [0.05, 0.1) is 5.69 Å². The maximum absolute atomic E-state index is 10.5. The number of hydrogen-bond acceptors (Lipinski definition) is 3. The van der Waals surface area contributed by atoms with E-state index in [1.807, 2.05) is 6.92 Å². The van der Waals surface area contributed by atoms with Gasteiger partial charge < -0.3 is 14.6 Å². The molecule has 0 radical (unpaired) electrons. The first-order valence-electron chi connectivity index (χ1n) is 4.57. The third-order valence-corrected chi connectivity index (χ3v) is 2.13. The predicted octanol–water partition coefficient (Wildman–Crippen LogP) is 1.86. The molecule has 0 bridgehead atoms. The average Bonchev–Trinajstić information content (AvgIpc) is 2.18. The van der Waals surface area contributed by atoms with Crippen molar-refractivity contribution in [3.8, 4) is 11.5 Å². The zero-order valence-electron chi connectivity index (χ0n) is 8.24. The first kappa shape index (κ1) is 9.64. The zero-order chi connectivity index (χ0) is 10.8. The fraction of sp³-hybridized carbons (Fsp3) is 0.300. The summed E-state index contributed by atoms with van der Waals surface area (Å²) in [6.45, 7) is 2.82. The van der Waals surface area contributed by atoms with E-state index in [2.05, 4.69) is 5.32 Å². The predicted molar refractivity (Wildman–Crippen MR) is 53.8 cm³/mol. The fourth-order valence-corrected chi connectivity index (χ4v) is 1.44. The lowest BCUT2D eigenvalue weighted by atomic mass is 10.1. The average molecular weight is 209 g/mol. The van der Waals surface area contributed by atoms with Gasteiger partial charge in [-0.05, 0) is 18.6 Å². The minimum Gasteiger partial charge on any atom is -0.486 e. The second kappa shape index (κ2) is 3.68. The minimum absolute atomic E-state index is 0.489. The Morgan fingerprint density at radius 3 is 2.53 bits per heavy atom. The molecule has 0 atom stereocenters. The highest BCUT2D eigenvalue weighted by atomic mass is 16.6. The first-order valence-corrected chi connectivity index (χ1v) is 4.57. The summed E-state index contributed by atoms with van der Waals surface area (Å²) in [4.78, 5) is 10.5. The van der Waals surface area contributed by atoms with Gasteiger partial charge >= 0.3 is 6.09 Å². The van der Waals surface area contributed by atoms with E-state index in [0.717, 1.165) is 5.56 Å². The van der Waals surface area contributed by atoms with E-state index < -0.39 is 6.09 Å². The van der Waals surface area contributed by atoms with E-state index in [1.54, 1.807) is 12.1 Å². The summed E-state index contributed by atoms with van der Waals surface area (Å²) in [5.74, 6) is 1.24. The van der Waals surface area contributed by atoms with Crippen LogP contribution < -0.4 is 14.8 Å². The Morgan fingerprint density at radius 2 is 1.93 bits per heavy atom. The highest BCUT2D eigenvalue weighted by Gasteiger charge is 2.14. The molecule has 1 aliphatic rings. The smallest absolute Gasteiger partial charge is 0.409 e. The van der Waals surface area contributed by atoms with Crippen LogP contribution in [0.1, 0.15) is 5.56 Å². The largest absolute Gasteiger partial charge is 0.486 e. The molecule has 5 nitrogen and oxygen atoms in total. The van der Waals surface area contributed by atoms with Crippen LogP contribution in [0.25, 0.3) is 0 Å². The maximum atomic E-state index is 10.5. The Hall–Kier alpha value is -1.91. The molecule has 0 unspecified atom stereocenters. The number of anilines is 1. The van der Waals surface area contributed by atoms with Crippen LogP contribution in [0.3, 0.4) is 0 Å². The molecule has 5 heteroatoms. The maximum Gasteiger partial charge on any atom is 0.409 e. The quantitative estimate of drug-likeness (QED) is 0.740. The molecule has 0 spiro atoms. The van der Waals surface area contributed by atoms with Crippen LogP contribution in [0.5, 0.6) is 11.5 Å². The summed E-state index contributed by atoms with van der Waals surface area (Å²) in [7, 11) is 0. The van der Waals surface area contributed by atoms with Gasteiger partial charge in [-0.3, -0.25) is 5.32 Å². The second-order valence-corrected chi connectivity index (χ2v) is 3.24. The van der Waals surface area contributed by atoms with Crippen LogP contribution in [0, 0.1) is 6.92 Å². The van der Waals surface area contributed by atoms with Crippen molar-refractivity contribution in [2.45, 2.75) is 6.92 Å². The van der Waals surface area contributed by atoms with Gasteiger partial charge in [0, 0.05) is 6.07 Å². The summed E-state index contributed by atoms with van der Waals surface area (Å²) in [5.41, 5.74) is 1.33. The summed E-state index contributed by atoms with van der Waals surface area (Å²) in [5, 5.41) is 10.9. The number of nitrogens with one attached hydrogen (secondary N) is 1. The van der Waals surface area contributed by atoms with Crippen molar-refractivity contribution in [3.63, 3.8) is 0 Å². The molecule has 1 aliphatic heterocycles. The molecule has 1 heterocycles. The Kier molecular flexibility index (Phi) is 2.37. The molecule has 0 saturated carbocycles. The van der Waals surface area contributed by atoms with E-state index in [0.29, 0.717) is 30.4 Å². The molecule has 15 heavy (non-hydrogen) atoms. The van der Waals surface area contributed by atoms with Gasteiger partial charge in [-0.15, -0.1) is 0 Å². The van der Waals surface area contributed by atoms with E-state index in [1.165, 1.54) is 0 Å². The molecule has 0 saturated heterocycles. The Morgan fingerprint density at radius 1 is 1.33 bits per heavy atom. The summed E-state index contributed by atoms with van der Waals surface area (Å²) < 4.78 is 10.7. The van der Waals surface area contributed by atoms with Gasteiger partial charge in [-0.1, -0.05) is 0 Å². The number of fused-ring (bicyclic) bond motifs is 1. The summed E-state index contributed by atoms with van der Waals surface area (Å²) >= 11 is 0. The highest BCUT2D eigenvalue weighted by Crippen LogP contribution is 2.35. The highest BCUT2D eigenvalue weighted by molar-refractivity contribution is 5.84. The van der Waals surface area contributed by atoms with Crippen LogP contribution in [-0.2, 0) is 0 Å². The van der Waals surface area contributed by atoms with Crippen LogP contribution in [0.2, 0.25) is 0 Å². The lowest BCUT2D eigenvalue weighted by molar-refractivity contribution is 0.171. The monoisotopic (exact) mass is 209 g/mol. The Balaban J connectivity index is 2.36. The molecule has 0 fully saturated rings. The Labute approximate surface area is 86.6 Å². The molecule has 80 valence electrons. The van der Waals surface area contributed by atoms with Crippen LogP contribution in [-0.4, -0.2) is 24.4 Å². The second-order valence-electron chi connectivity index (χ2n) is 3.24. The number of hydrogen-bond donors (Lipinski definition) is 2. The van der Waals surface area contributed by atoms with E-state index in [4.69, 9.17) is 14.6 Å². The zero-order valence-corrected chi connectivity index (χ0v) is 8.24. The van der Waals surface area contributed by atoms with Crippen LogP contribution in [0.15, 0.2) is 12.1 Å². The molecule has 1 aromatic carbocycles. The molecule has 0 aromatic heterocycles. The summed E-state index contributed by atoms with van der Waals surface area (Å²) in [6.07, 6.45) is -1.09. The SMILES string of the molecule is Cc1cc2c(cc1NC(=O)O)OCCO2. The number of aryl methyl sites for hydroxylation is 1. The molecule has 0 aliphatic carbocycles. The number of rotatable bonds is 1.